The molecule has 0 bridgehead atoms. The molecule has 9 nitrogen and oxygen atoms in total. The number of aryl methyl sites for hydroxylation is 1. The van der Waals surface area contributed by atoms with E-state index in [9.17, 15) is 19.7 Å². The lowest BCUT2D eigenvalue weighted by Gasteiger charge is -2.29. The molecule has 2 aromatic carbocycles. The van der Waals surface area contributed by atoms with E-state index in [4.69, 9.17) is 16.0 Å². The van der Waals surface area contributed by atoms with E-state index in [2.05, 4.69) is 4.99 Å². The number of carbonyl (C=O) groups is 1. The zero-order chi connectivity index (χ0) is 30.3. The number of carbonyl (C=O) groups excluding carboxylic acids is 1. The van der Waals surface area contributed by atoms with E-state index < -0.39 is 11.0 Å². The molecule has 3 heterocycles. The van der Waals surface area contributed by atoms with E-state index in [-0.39, 0.29) is 17.2 Å². The number of hydrogen-bond donors (Lipinski definition) is 0. The van der Waals surface area contributed by atoms with Gasteiger partial charge >= 0.3 is 0 Å². The largest absolute Gasteiger partial charge is 0.457 e. The Morgan fingerprint density at radius 2 is 1.83 bits per heavy atom. The van der Waals surface area contributed by atoms with Gasteiger partial charge in [-0.3, -0.25) is 24.3 Å². The molecule has 0 N–H and O–H groups in total. The van der Waals surface area contributed by atoms with Gasteiger partial charge in [-0.1, -0.05) is 35.1 Å². The third-order valence-corrected chi connectivity index (χ3v) is 8.74. The van der Waals surface area contributed by atoms with Crippen molar-refractivity contribution in [1.29, 1.82) is 0 Å². The molecule has 1 aliphatic rings. The number of nitro benzene ring substituents is 1. The lowest BCUT2D eigenvalue weighted by Crippen LogP contribution is -2.43. The van der Waals surface area contributed by atoms with Crippen molar-refractivity contribution in [3.63, 3.8) is 0 Å². The molecule has 0 fully saturated rings. The average Bonchev–Trinajstić information content (AvgIpc) is 3.54. The molecule has 0 unspecified atom stereocenters. The summed E-state index contributed by atoms with van der Waals surface area (Å²) in [7, 11) is 0. The van der Waals surface area contributed by atoms with E-state index in [1.54, 1.807) is 53.7 Å². The number of rotatable bonds is 7. The van der Waals surface area contributed by atoms with Gasteiger partial charge in [-0.15, -0.1) is 0 Å². The van der Waals surface area contributed by atoms with Gasteiger partial charge in [-0.05, 0) is 76.1 Å². The Bertz CT molecular complexity index is 1930. The highest BCUT2D eigenvalue weighted by Gasteiger charge is 2.34. The summed E-state index contributed by atoms with van der Waals surface area (Å²) in [4.78, 5) is 45.6. The molecular formula is C31H29ClN4O5S. The van der Waals surface area contributed by atoms with Crippen molar-refractivity contribution in [3.8, 4) is 11.3 Å². The van der Waals surface area contributed by atoms with Crippen molar-refractivity contribution < 1.29 is 14.1 Å². The molecule has 1 atom stereocenters. The molecular weight excluding hydrogens is 576 g/mol. The SMILES string of the molecule is CCN(CC)C(=O)C1=C(C)N=c2s/c(=C/c3ccc(-c4cc(C)c(C)c([N+](=O)[O-])c4)o3)c(=O)n2[C@@H]1c1ccc(Cl)cc1. The molecule has 2 aromatic heterocycles. The molecule has 4 aromatic rings. The second-order valence-corrected chi connectivity index (χ2v) is 11.5. The van der Waals surface area contributed by atoms with Gasteiger partial charge < -0.3 is 9.32 Å². The quantitative estimate of drug-likeness (QED) is 0.203. The second kappa shape index (κ2) is 11.5. The van der Waals surface area contributed by atoms with E-state index in [0.717, 1.165) is 11.1 Å². The number of nitrogens with zero attached hydrogens (tertiary/aromatic N) is 4. The lowest BCUT2D eigenvalue weighted by molar-refractivity contribution is -0.385. The van der Waals surface area contributed by atoms with Crippen LogP contribution in [0.5, 0.6) is 0 Å². The van der Waals surface area contributed by atoms with Crippen LogP contribution in [0.4, 0.5) is 5.69 Å². The molecule has 0 spiro atoms. The third kappa shape index (κ3) is 5.23. The maximum atomic E-state index is 13.9. The second-order valence-electron chi connectivity index (χ2n) is 10.0. The van der Waals surface area contributed by atoms with Gasteiger partial charge in [0.15, 0.2) is 4.80 Å². The first-order valence-corrected chi connectivity index (χ1v) is 14.7. The number of aromatic nitrogens is 1. The standard InChI is InChI=1S/C31H29ClN4O5S/c1-6-34(7-2)30(38)27-19(5)33-31-35(28(27)20-8-10-22(32)11-9-20)29(37)26(42-31)16-23-12-13-25(41-23)21-14-17(3)18(4)24(15-21)36(39)40/h8-16,28H,6-7H2,1-5H3/b26-16+/t28-/m1/s1. The average molecular weight is 605 g/mol. The third-order valence-electron chi connectivity index (χ3n) is 7.51. The highest BCUT2D eigenvalue weighted by atomic mass is 35.5. The summed E-state index contributed by atoms with van der Waals surface area (Å²) in [5.74, 6) is 0.685. The summed E-state index contributed by atoms with van der Waals surface area (Å²) in [5, 5.41) is 12.1. The number of halogens is 1. The summed E-state index contributed by atoms with van der Waals surface area (Å²) in [6.07, 6.45) is 1.63. The van der Waals surface area contributed by atoms with Crippen molar-refractivity contribution >= 4 is 40.6 Å². The number of nitro groups is 1. The number of likely N-dealkylation sites (N-methyl/N-ethyl adjacent to an activating group) is 1. The fraction of sp³-hybridized carbons (Fsp3) is 0.258. The first-order chi connectivity index (χ1) is 20.0. The maximum Gasteiger partial charge on any atom is 0.273 e. The minimum absolute atomic E-state index is 0.0175. The Labute approximate surface area is 250 Å². The summed E-state index contributed by atoms with van der Waals surface area (Å²) in [6.45, 7) is 10.2. The first-order valence-electron chi connectivity index (χ1n) is 13.5. The molecule has 216 valence electrons. The summed E-state index contributed by atoms with van der Waals surface area (Å²) < 4.78 is 7.95. The van der Waals surface area contributed by atoms with Crippen molar-refractivity contribution in [2.45, 2.75) is 40.7 Å². The minimum atomic E-state index is -0.683. The summed E-state index contributed by atoms with van der Waals surface area (Å²) in [5.41, 5.74) is 3.39. The molecule has 42 heavy (non-hydrogen) atoms. The Hall–Kier alpha value is -4.28. The van der Waals surface area contributed by atoms with E-state index in [1.165, 1.54) is 17.4 Å². The molecule has 1 amide bonds. The van der Waals surface area contributed by atoms with Crippen LogP contribution in [-0.4, -0.2) is 33.4 Å². The van der Waals surface area contributed by atoms with Gasteiger partial charge in [-0.2, -0.15) is 0 Å². The number of benzene rings is 2. The number of fused-ring (bicyclic) bond motifs is 1. The smallest absolute Gasteiger partial charge is 0.273 e. The van der Waals surface area contributed by atoms with Gasteiger partial charge in [0.1, 0.15) is 11.5 Å². The van der Waals surface area contributed by atoms with Crippen LogP contribution in [-0.2, 0) is 4.79 Å². The fourth-order valence-corrected chi connectivity index (χ4v) is 6.28. The van der Waals surface area contributed by atoms with Gasteiger partial charge in [0.05, 0.1) is 26.8 Å². The molecule has 0 aliphatic carbocycles. The van der Waals surface area contributed by atoms with Crippen LogP contribution >= 0.6 is 22.9 Å². The van der Waals surface area contributed by atoms with Crippen LogP contribution in [0.1, 0.15) is 49.3 Å². The van der Waals surface area contributed by atoms with Gasteiger partial charge in [0, 0.05) is 41.4 Å². The van der Waals surface area contributed by atoms with Gasteiger partial charge in [-0.25, -0.2) is 4.99 Å². The molecule has 0 saturated carbocycles. The van der Waals surface area contributed by atoms with Crippen LogP contribution in [0.25, 0.3) is 17.4 Å². The monoisotopic (exact) mass is 604 g/mol. The van der Waals surface area contributed by atoms with Crippen LogP contribution in [0.2, 0.25) is 5.02 Å². The summed E-state index contributed by atoms with van der Waals surface area (Å²) >= 11 is 7.37. The molecule has 11 heteroatoms. The zero-order valence-corrected chi connectivity index (χ0v) is 25.4. The number of amides is 1. The highest BCUT2D eigenvalue weighted by Crippen LogP contribution is 2.33. The van der Waals surface area contributed by atoms with Crippen LogP contribution in [0.15, 0.2) is 74.0 Å². The van der Waals surface area contributed by atoms with Crippen LogP contribution in [0.3, 0.4) is 0 Å². The van der Waals surface area contributed by atoms with Crippen molar-refractivity contribution in [3.05, 3.63) is 117 Å². The van der Waals surface area contributed by atoms with E-state index >= 15 is 0 Å². The number of thiazole rings is 1. The topological polar surface area (TPSA) is 111 Å². The van der Waals surface area contributed by atoms with Crippen LogP contribution in [0, 0.1) is 24.0 Å². The van der Waals surface area contributed by atoms with Gasteiger partial charge in [0.2, 0.25) is 0 Å². The predicted molar refractivity (Wildman–Crippen MR) is 163 cm³/mol. The summed E-state index contributed by atoms with van der Waals surface area (Å²) in [6, 6.07) is 13.2. The van der Waals surface area contributed by atoms with E-state index in [0.29, 0.717) is 61.4 Å². The van der Waals surface area contributed by atoms with Gasteiger partial charge in [0.25, 0.3) is 17.2 Å². The lowest BCUT2D eigenvalue weighted by atomic mass is 9.94. The molecule has 0 radical (unpaired) electrons. The van der Waals surface area contributed by atoms with Crippen molar-refractivity contribution in [2.24, 2.45) is 4.99 Å². The first kappa shape index (κ1) is 29.2. The number of allylic oxidation sites excluding steroid dienone is 1. The maximum absolute atomic E-state index is 13.9. The van der Waals surface area contributed by atoms with Crippen LogP contribution < -0.4 is 14.9 Å². The van der Waals surface area contributed by atoms with E-state index in [1.807, 2.05) is 39.0 Å². The Balaban J connectivity index is 1.63. The molecule has 1 aliphatic heterocycles. The minimum Gasteiger partial charge on any atom is -0.457 e. The van der Waals surface area contributed by atoms with Crippen molar-refractivity contribution in [2.75, 3.05) is 13.1 Å². The zero-order valence-electron chi connectivity index (χ0n) is 23.8. The Kier molecular flexibility index (Phi) is 8.03. The number of furan rings is 1. The van der Waals surface area contributed by atoms with Crippen molar-refractivity contribution in [1.82, 2.24) is 9.47 Å². The molecule has 5 rings (SSSR count). The highest BCUT2D eigenvalue weighted by molar-refractivity contribution is 7.07. The Morgan fingerprint density at radius 3 is 2.48 bits per heavy atom. The fourth-order valence-electron chi connectivity index (χ4n) is 5.12. The predicted octanol–water partition coefficient (Wildman–Crippen LogP) is 5.54. The normalized spacial score (nSPS) is 15.0. The number of hydrogen-bond acceptors (Lipinski definition) is 7. The molecule has 0 saturated heterocycles. The Morgan fingerprint density at radius 1 is 1.14 bits per heavy atom.